The molecule has 2 aromatic rings. The third-order valence-electron chi connectivity index (χ3n) is 3.25. The number of benzene rings is 2. The zero-order valence-corrected chi connectivity index (χ0v) is 11.5. The summed E-state index contributed by atoms with van der Waals surface area (Å²) >= 11 is 0. The molecule has 2 aromatic carbocycles. The van der Waals surface area contributed by atoms with Gasteiger partial charge in [0.05, 0.1) is 11.0 Å². The van der Waals surface area contributed by atoms with Crippen molar-refractivity contribution in [1.82, 2.24) is 0 Å². The molecule has 0 aromatic heterocycles. The van der Waals surface area contributed by atoms with Gasteiger partial charge in [-0.2, -0.15) is 0 Å². The molecule has 1 aliphatic rings. The summed E-state index contributed by atoms with van der Waals surface area (Å²) in [5.74, 6) is 0.693. The van der Waals surface area contributed by atoms with Crippen LogP contribution in [-0.2, 0) is 6.54 Å². The van der Waals surface area contributed by atoms with E-state index in [2.05, 4.69) is 5.32 Å². The third-order valence-corrected chi connectivity index (χ3v) is 3.25. The molecule has 0 bridgehead atoms. The minimum absolute atomic E-state index is 0.265. The molecule has 6 nitrogen and oxygen atoms in total. The molecular formula is C15H13FN2O4. The summed E-state index contributed by atoms with van der Waals surface area (Å²) in [5.41, 5.74) is 0.849. The largest absolute Gasteiger partial charge is 0.486 e. The molecular weight excluding hydrogens is 291 g/mol. The van der Waals surface area contributed by atoms with E-state index in [-0.39, 0.29) is 11.4 Å². The summed E-state index contributed by atoms with van der Waals surface area (Å²) in [6.07, 6.45) is 0. The summed E-state index contributed by atoms with van der Waals surface area (Å²) in [4.78, 5) is 10.3. The number of nitrogens with zero attached hydrogens (tertiary/aromatic N) is 1. The highest BCUT2D eigenvalue weighted by atomic mass is 19.1. The SMILES string of the molecule is O=[N+]([O-])c1cc(F)ccc1NCc1ccc2c(c1)OCCO2. The van der Waals surface area contributed by atoms with Crippen LogP contribution in [0.2, 0.25) is 0 Å². The van der Waals surface area contributed by atoms with Gasteiger partial charge in [-0.3, -0.25) is 10.1 Å². The second kappa shape index (κ2) is 5.88. The zero-order valence-electron chi connectivity index (χ0n) is 11.5. The highest BCUT2D eigenvalue weighted by Gasteiger charge is 2.15. The number of rotatable bonds is 4. The predicted octanol–water partition coefficient (Wildman–Crippen LogP) is 3.12. The molecule has 0 amide bonds. The van der Waals surface area contributed by atoms with E-state index in [4.69, 9.17) is 9.47 Å². The first-order chi connectivity index (χ1) is 10.6. The minimum Gasteiger partial charge on any atom is -0.486 e. The van der Waals surface area contributed by atoms with Crippen LogP contribution >= 0.6 is 0 Å². The standard InChI is InChI=1S/C15H13FN2O4/c16-11-2-3-12(13(8-11)18(19)20)17-9-10-1-4-14-15(7-10)22-6-5-21-14/h1-4,7-8,17H,5-6,9H2. The van der Waals surface area contributed by atoms with E-state index in [9.17, 15) is 14.5 Å². The molecule has 0 atom stereocenters. The van der Waals surface area contributed by atoms with Crippen molar-refractivity contribution in [3.63, 3.8) is 0 Å². The molecule has 0 unspecified atom stereocenters. The molecule has 1 N–H and O–H groups in total. The Kier molecular flexibility index (Phi) is 3.78. The molecule has 0 saturated heterocycles. The van der Waals surface area contributed by atoms with Crippen LogP contribution in [0.4, 0.5) is 15.8 Å². The second-order valence-corrected chi connectivity index (χ2v) is 4.75. The van der Waals surface area contributed by atoms with Crippen molar-refractivity contribution < 1.29 is 18.8 Å². The average molecular weight is 304 g/mol. The molecule has 0 fully saturated rings. The van der Waals surface area contributed by atoms with Gasteiger partial charge in [-0.25, -0.2) is 4.39 Å². The van der Waals surface area contributed by atoms with Gasteiger partial charge in [0.2, 0.25) is 0 Å². The molecule has 22 heavy (non-hydrogen) atoms. The van der Waals surface area contributed by atoms with E-state index in [1.54, 1.807) is 6.07 Å². The van der Waals surface area contributed by atoms with Crippen molar-refractivity contribution in [1.29, 1.82) is 0 Å². The fraction of sp³-hybridized carbons (Fsp3) is 0.200. The molecule has 114 valence electrons. The van der Waals surface area contributed by atoms with Gasteiger partial charge in [0, 0.05) is 6.54 Å². The highest BCUT2D eigenvalue weighted by Crippen LogP contribution is 2.31. The van der Waals surface area contributed by atoms with Crippen molar-refractivity contribution in [2.24, 2.45) is 0 Å². The zero-order chi connectivity index (χ0) is 15.5. The summed E-state index contributed by atoms with van der Waals surface area (Å²) in [6, 6.07) is 8.88. The lowest BCUT2D eigenvalue weighted by atomic mass is 10.2. The Bertz CT molecular complexity index is 721. The van der Waals surface area contributed by atoms with Crippen LogP contribution in [0.3, 0.4) is 0 Å². The van der Waals surface area contributed by atoms with E-state index < -0.39 is 10.7 Å². The number of anilines is 1. The Hall–Kier alpha value is -2.83. The number of nitro benzene ring substituents is 1. The summed E-state index contributed by atoms with van der Waals surface area (Å²) < 4.78 is 24.0. The van der Waals surface area contributed by atoms with E-state index in [0.29, 0.717) is 31.3 Å². The fourth-order valence-electron chi connectivity index (χ4n) is 2.20. The number of ether oxygens (including phenoxy) is 2. The van der Waals surface area contributed by atoms with E-state index in [0.717, 1.165) is 11.6 Å². The molecule has 3 rings (SSSR count). The summed E-state index contributed by atoms with van der Waals surface area (Å²) in [6.45, 7) is 1.36. The number of fused-ring (bicyclic) bond motifs is 1. The topological polar surface area (TPSA) is 73.6 Å². The molecule has 7 heteroatoms. The maximum Gasteiger partial charge on any atom is 0.295 e. The van der Waals surface area contributed by atoms with Crippen LogP contribution in [0.15, 0.2) is 36.4 Å². The van der Waals surface area contributed by atoms with Crippen molar-refractivity contribution >= 4 is 11.4 Å². The maximum atomic E-state index is 13.1. The van der Waals surface area contributed by atoms with E-state index >= 15 is 0 Å². The Balaban J connectivity index is 1.77. The van der Waals surface area contributed by atoms with Crippen LogP contribution in [-0.4, -0.2) is 18.1 Å². The fourth-order valence-corrected chi connectivity index (χ4v) is 2.20. The van der Waals surface area contributed by atoms with E-state index in [1.807, 2.05) is 12.1 Å². The summed E-state index contributed by atoms with van der Waals surface area (Å²) in [5, 5.41) is 13.9. The smallest absolute Gasteiger partial charge is 0.295 e. The lowest BCUT2D eigenvalue weighted by Crippen LogP contribution is -2.15. The molecule has 0 radical (unpaired) electrons. The van der Waals surface area contributed by atoms with Gasteiger partial charge in [-0.15, -0.1) is 0 Å². The molecule has 0 spiro atoms. The monoisotopic (exact) mass is 304 g/mol. The lowest BCUT2D eigenvalue weighted by Gasteiger charge is -2.19. The van der Waals surface area contributed by atoms with Crippen LogP contribution < -0.4 is 14.8 Å². The first-order valence-electron chi connectivity index (χ1n) is 6.70. The molecule has 1 heterocycles. The van der Waals surface area contributed by atoms with Crippen LogP contribution in [0, 0.1) is 15.9 Å². The normalized spacial score (nSPS) is 12.8. The average Bonchev–Trinajstić information content (AvgIpc) is 2.53. The number of hydrogen-bond acceptors (Lipinski definition) is 5. The van der Waals surface area contributed by atoms with E-state index in [1.165, 1.54) is 12.1 Å². The molecule has 0 saturated carbocycles. The minimum atomic E-state index is -0.642. The van der Waals surface area contributed by atoms with Crippen molar-refractivity contribution in [2.45, 2.75) is 6.54 Å². The van der Waals surface area contributed by atoms with Gasteiger partial charge in [0.1, 0.15) is 24.7 Å². The van der Waals surface area contributed by atoms with Crippen LogP contribution in [0.25, 0.3) is 0 Å². The Labute approximate surface area is 125 Å². The Morgan fingerprint density at radius 2 is 1.91 bits per heavy atom. The van der Waals surface area contributed by atoms with Gasteiger partial charge in [0.25, 0.3) is 5.69 Å². The van der Waals surface area contributed by atoms with Crippen molar-refractivity contribution in [3.8, 4) is 11.5 Å². The van der Waals surface area contributed by atoms with Gasteiger partial charge < -0.3 is 14.8 Å². The Morgan fingerprint density at radius 3 is 2.68 bits per heavy atom. The van der Waals surface area contributed by atoms with Gasteiger partial charge >= 0.3 is 0 Å². The molecule has 0 aliphatic carbocycles. The first kappa shape index (κ1) is 14.1. The number of nitrogens with one attached hydrogen (secondary N) is 1. The predicted molar refractivity (Wildman–Crippen MR) is 77.8 cm³/mol. The molecule has 1 aliphatic heterocycles. The van der Waals surface area contributed by atoms with Crippen LogP contribution in [0.5, 0.6) is 11.5 Å². The lowest BCUT2D eigenvalue weighted by molar-refractivity contribution is -0.384. The first-order valence-corrected chi connectivity index (χ1v) is 6.70. The Morgan fingerprint density at radius 1 is 1.14 bits per heavy atom. The maximum absolute atomic E-state index is 13.1. The van der Waals surface area contributed by atoms with Gasteiger partial charge in [-0.05, 0) is 29.8 Å². The van der Waals surface area contributed by atoms with Crippen molar-refractivity contribution in [2.75, 3.05) is 18.5 Å². The van der Waals surface area contributed by atoms with Crippen LogP contribution in [0.1, 0.15) is 5.56 Å². The quantitative estimate of drug-likeness (QED) is 0.694. The number of halogens is 1. The van der Waals surface area contributed by atoms with Gasteiger partial charge in [-0.1, -0.05) is 6.07 Å². The third kappa shape index (κ3) is 2.93. The number of hydrogen-bond donors (Lipinski definition) is 1. The number of nitro groups is 1. The second-order valence-electron chi connectivity index (χ2n) is 4.75. The summed E-state index contributed by atoms with van der Waals surface area (Å²) in [7, 11) is 0. The highest BCUT2D eigenvalue weighted by molar-refractivity contribution is 5.61. The van der Waals surface area contributed by atoms with Gasteiger partial charge in [0.15, 0.2) is 11.5 Å². The van der Waals surface area contributed by atoms with Crippen molar-refractivity contribution in [3.05, 3.63) is 57.9 Å².